The third-order valence-electron chi connectivity index (χ3n) is 2.41. The molecule has 0 bridgehead atoms. The standard InChI is InChI=1S/C10H10N2O4S2.K/c13-9-8(6-18(14,15)16)11-10(17)12(9)7-4-2-1-3-5-7;/h1-5,8H,6H2,(H,11,17)(H,14,15,16);. The summed E-state index contributed by atoms with van der Waals surface area (Å²) in [6.07, 6.45) is 0. The Kier molecular flexibility index (Phi) is 6.08. The quantitative estimate of drug-likeness (QED) is 0.454. The molecule has 0 aliphatic carbocycles. The number of carbonyl (C=O) groups excluding carboxylic acids is 1. The first-order chi connectivity index (χ1) is 8.38. The number of rotatable bonds is 3. The fourth-order valence-corrected chi connectivity index (χ4v) is 2.66. The summed E-state index contributed by atoms with van der Waals surface area (Å²) in [4.78, 5) is 13.2. The van der Waals surface area contributed by atoms with E-state index in [9.17, 15) is 13.2 Å². The van der Waals surface area contributed by atoms with Crippen molar-refractivity contribution >= 4 is 90.4 Å². The number of anilines is 1. The summed E-state index contributed by atoms with van der Waals surface area (Å²) in [6.45, 7) is 0. The summed E-state index contributed by atoms with van der Waals surface area (Å²) in [7, 11) is -4.24. The maximum Gasteiger partial charge on any atom is 0.267 e. The Bertz CT molecular complexity index is 591. The van der Waals surface area contributed by atoms with Crippen LogP contribution < -0.4 is 10.2 Å². The van der Waals surface area contributed by atoms with Crippen molar-refractivity contribution in [1.29, 1.82) is 0 Å². The fraction of sp³-hybridized carbons (Fsp3) is 0.200. The molecular formula is C10H10KN2O4S2. The van der Waals surface area contributed by atoms with Gasteiger partial charge < -0.3 is 5.32 Å². The molecule has 1 saturated heterocycles. The molecule has 1 aliphatic rings. The van der Waals surface area contributed by atoms with Gasteiger partial charge in [-0.25, -0.2) is 0 Å². The predicted molar refractivity (Wildman–Crippen MR) is 75.6 cm³/mol. The first-order valence-corrected chi connectivity index (χ1v) is 7.05. The van der Waals surface area contributed by atoms with Gasteiger partial charge in [0.1, 0.15) is 11.8 Å². The number of para-hydroxylation sites is 1. The molecule has 1 aromatic rings. The number of hydrogen-bond acceptors (Lipinski definition) is 4. The van der Waals surface area contributed by atoms with Crippen LogP contribution in [-0.2, 0) is 14.9 Å². The van der Waals surface area contributed by atoms with Crippen molar-refractivity contribution in [2.24, 2.45) is 0 Å². The van der Waals surface area contributed by atoms with Gasteiger partial charge in [-0.1, -0.05) is 18.2 Å². The van der Waals surface area contributed by atoms with Crippen LogP contribution in [0.15, 0.2) is 30.3 Å². The van der Waals surface area contributed by atoms with Crippen LogP contribution in [0.3, 0.4) is 0 Å². The molecule has 1 atom stereocenters. The third kappa shape index (κ3) is 4.30. The van der Waals surface area contributed by atoms with Crippen LogP contribution in [0.5, 0.6) is 0 Å². The second-order valence-corrected chi connectivity index (χ2v) is 5.64. The van der Waals surface area contributed by atoms with Crippen LogP contribution in [0.25, 0.3) is 0 Å². The fourth-order valence-electron chi connectivity index (χ4n) is 1.68. The zero-order valence-corrected chi connectivity index (χ0v) is 14.9. The van der Waals surface area contributed by atoms with E-state index in [4.69, 9.17) is 16.8 Å². The molecule has 1 aromatic carbocycles. The van der Waals surface area contributed by atoms with Crippen LogP contribution in [-0.4, -0.2) is 87.2 Å². The topological polar surface area (TPSA) is 86.7 Å². The monoisotopic (exact) mass is 325 g/mol. The number of carbonyl (C=O) groups is 1. The SMILES string of the molecule is O=C1C(CS(=O)(=O)O)NC(=S)N1c1ccccc1.[K]. The molecule has 97 valence electrons. The Morgan fingerprint density at radius 2 is 1.89 bits per heavy atom. The van der Waals surface area contributed by atoms with Gasteiger partial charge in [0.25, 0.3) is 16.0 Å². The van der Waals surface area contributed by atoms with E-state index in [1.54, 1.807) is 30.3 Å². The van der Waals surface area contributed by atoms with Gasteiger partial charge in [-0.2, -0.15) is 8.42 Å². The van der Waals surface area contributed by atoms with E-state index in [0.29, 0.717) is 5.69 Å². The minimum Gasteiger partial charge on any atom is -0.349 e. The zero-order valence-electron chi connectivity index (χ0n) is 10.1. The van der Waals surface area contributed by atoms with E-state index in [1.165, 1.54) is 4.90 Å². The molecule has 9 heteroatoms. The summed E-state index contributed by atoms with van der Waals surface area (Å²) in [5, 5.41) is 2.70. The van der Waals surface area contributed by atoms with Crippen molar-refractivity contribution < 1.29 is 17.8 Å². The third-order valence-corrected chi connectivity index (χ3v) is 3.47. The van der Waals surface area contributed by atoms with Gasteiger partial charge in [0, 0.05) is 51.4 Å². The van der Waals surface area contributed by atoms with Gasteiger partial charge in [-0.05, 0) is 24.4 Å². The van der Waals surface area contributed by atoms with Gasteiger partial charge in [-0.3, -0.25) is 14.2 Å². The Labute approximate surface area is 158 Å². The predicted octanol–water partition coefficient (Wildman–Crippen LogP) is -0.217. The molecule has 2 N–H and O–H groups in total. The number of nitrogens with zero attached hydrogens (tertiary/aromatic N) is 1. The van der Waals surface area contributed by atoms with Gasteiger partial charge in [0.05, 0.1) is 5.69 Å². The molecule has 1 heterocycles. The molecule has 1 aliphatic heterocycles. The van der Waals surface area contributed by atoms with Crippen molar-refractivity contribution in [2.75, 3.05) is 10.7 Å². The summed E-state index contributed by atoms with van der Waals surface area (Å²) >= 11 is 4.98. The molecule has 1 radical (unpaired) electrons. The Morgan fingerprint density at radius 1 is 1.32 bits per heavy atom. The minimum atomic E-state index is -4.24. The van der Waals surface area contributed by atoms with Crippen molar-refractivity contribution in [1.82, 2.24) is 5.32 Å². The van der Waals surface area contributed by atoms with Crippen molar-refractivity contribution in [3.05, 3.63) is 30.3 Å². The first kappa shape index (κ1) is 17.2. The second-order valence-electron chi connectivity index (χ2n) is 3.76. The Hall–Kier alpha value is 0.126. The molecule has 19 heavy (non-hydrogen) atoms. The molecule has 1 unspecified atom stereocenters. The van der Waals surface area contributed by atoms with Crippen molar-refractivity contribution in [3.8, 4) is 0 Å². The maximum atomic E-state index is 12.0. The summed E-state index contributed by atoms with van der Waals surface area (Å²) in [5.74, 6) is -1.20. The van der Waals surface area contributed by atoms with Crippen molar-refractivity contribution in [2.45, 2.75) is 6.04 Å². The maximum absolute atomic E-state index is 12.0. The van der Waals surface area contributed by atoms with E-state index in [-0.39, 0.29) is 56.5 Å². The van der Waals surface area contributed by atoms with Crippen LogP contribution >= 0.6 is 12.2 Å². The normalized spacial score (nSPS) is 19.0. The summed E-state index contributed by atoms with van der Waals surface area (Å²) < 4.78 is 30.3. The molecular weight excluding hydrogens is 315 g/mol. The van der Waals surface area contributed by atoms with Crippen molar-refractivity contribution in [3.63, 3.8) is 0 Å². The molecule has 6 nitrogen and oxygen atoms in total. The molecule has 0 spiro atoms. The molecule has 1 fully saturated rings. The Balaban J connectivity index is 0.00000180. The number of amides is 1. The number of hydrogen-bond donors (Lipinski definition) is 2. The van der Waals surface area contributed by atoms with Crippen LogP contribution in [0, 0.1) is 0 Å². The van der Waals surface area contributed by atoms with E-state index < -0.39 is 27.8 Å². The molecule has 0 aromatic heterocycles. The van der Waals surface area contributed by atoms with Gasteiger partial charge in [0.2, 0.25) is 0 Å². The van der Waals surface area contributed by atoms with E-state index in [1.807, 2.05) is 0 Å². The van der Waals surface area contributed by atoms with E-state index >= 15 is 0 Å². The molecule has 2 rings (SSSR count). The van der Waals surface area contributed by atoms with Crippen LogP contribution in [0.1, 0.15) is 0 Å². The molecule has 0 saturated carbocycles. The number of nitrogens with one attached hydrogen (secondary N) is 1. The number of thiocarbonyl (C=S) groups is 1. The smallest absolute Gasteiger partial charge is 0.267 e. The molecule has 1 amide bonds. The van der Waals surface area contributed by atoms with Gasteiger partial charge in [-0.15, -0.1) is 0 Å². The summed E-state index contributed by atoms with van der Waals surface area (Å²) in [6, 6.07) is 7.58. The Morgan fingerprint density at radius 3 is 2.42 bits per heavy atom. The average molecular weight is 325 g/mol. The van der Waals surface area contributed by atoms with Crippen LogP contribution in [0.2, 0.25) is 0 Å². The number of benzene rings is 1. The zero-order chi connectivity index (χ0) is 13.3. The largest absolute Gasteiger partial charge is 0.349 e. The second kappa shape index (κ2) is 6.72. The van der Waals surface area contributed by atoms with Gasteiger partial charge >= 0.3 is 0 Å². The average Bonchev–Trinajstić information content (AvgIpc) is 2.53. The van der Waals surface area contributed by atoms with Gasteiger partial charge in [0.15, 0.2) is 5.11 Å². The van der Waals surface area contributed by atoms with Crippen LogP contribution in [0.4, 0.5) is 5.69 Å². The summed E-state index contributed by atoms with van der Waals surface area (Å²) in [5.41, 5.74) is 0.554. The first-order valence-electron chi connectivity index (χ1n) is 5.03. The van der Waals surface area contributed by atoms with E-state index in [0.717, 1.165) is 0 Å². The van der Waals surface area contributed by atoms with E-state index in [2.05, 4.69) is 5.32 Å². The minimum absolute atomic E-state index is 0.